The molecule has 1 saturated carbocycles. The summed E-state index contributed by atoms with van der Waals surface area (Å²) in [6.45, 7) is 14.7. The van der Waals surface area contributed by atoms with Gasteiger partial charge in [-0.15, -0.1) is 0 Å². The number of H-pyrrole nitrogens is 1. The van der Waals surface area contributed by atoms with Crippen molar-refractivity contribution >= 4 is 22.5 Å². The molecule has 8 nitrogen and oxygen atoms in total. The Morgan fingerprint density at radius 2 is 1.93 bits per heavy atom. The molecule has 0 unspecified atom stereocenters. The van der Waals surface area contributed by atoms with E-state index in [1.54, 1.807) is 0 Å². The predicted octanol–water partition coefficient (Wildman–Crippen LogP) is 6.06. The largest absolute Gasteiger partial charge is 0.356 e. The van der Waals surface area contributed by atoms with Gasteiger partial charge in [-0.2, -0.15) is 10.2 Å². The van der Waals surface area contributed by atoms with Gasteiger partial charge in [-0.3, -0.25) is 5.10 Å². The molecule has 1 N–H and O–H groups in total. The molecule has 0 amide bonds. The first-order valence-corrected chi connectivity index (χ1v) is 14.8. The van der Waals surface area contributed by atoms with E-state index in [0.717, 1.165) is 89.4 Å². The molecular formula is C31H39FN8. The number of benzene rings is 1. The molecule has 210 valence electrons. The number of fused-ring (bicyclic) bond motifs is 2. The molecule has 2 aliphatic heterocycles. The van der Waals surface area contributed by atoms with E-state index in [1.807, 2.05) is 18.5 Å². The zero-order valence-electron chi connectivity index (χ0n) is 24.3. The summed E-state index contributed by atoms with van der Waals surface area (Å²) in [5.41, 5.74) is 7.19. The van der Waals surface area contributed by atoms with Gasteiger partial charge in [-0.05, 0) is 63.5 Å². The highest BCUT2D eigenvalue weighted by Crippen LogP contribution is 2.44. The first-order chi connectivity index (χ1) is 19.2. The summed E-state index contributed by atoms with van der Waals surface area (Å²) >= 11 is 0. The predicted molar refractivity (Wildman–Crippen MR) is 156 cm³/mol. The molecule has 5 heterocycles. The van der Waals surface area contributed by atoms with Gasteiger partial charge in [0.15, 0.2) is 17.5 Å². The molecule has 3 aromatic heterocycles. The van der Waals surface area contributed by atoms with E-state index >= 15 is 4.39 Å². The number of anilines is 2. The van der Waals surface area contributed by atoms with Crippen LogP contribution in [0, 0.1) is 25.1 Å². The fourth-order valence-electron chi connectivity index (χ4n) is 6.81. The third-order valence-corrected chi connectivity index (χ3v) is 9.04. The lowest BCUT2D eigenvalue weighted by atomic mass is 9.84. The Kier molecular flexibility index (Phi) is 5.91. The van der Waals surface area contributed by atoms with Gasteiger partial charge in [0.2, 0.25) is 0 Å². The standard InChI is InChI=1S/C31H39FN8/c1-6-40-30(26(32)27(37-40)20-9-10-20)38-15-12-22-21(16-38)29(39-14-7-13-31(4,5)17-39)34-28(33-22)24-18(2)8-11-23-25(24)19(3)35-36-23/h8,11,20H,6-7,9-10,12-17H2,1-5H3,(H,35,36). The number of aromatic nitrogens is 6. The van der Waals surface area contributed by atoms with Crippen molar-refractivity contribution < 1.29 is 4.39 Å². The smallest absolute Gasteiger partial charge is 0.188 e. The van der Waals surface area contributed by atoms with Crippen LogP contribution in [0.3, 0.4) is 0 Å². The van der Waals surface area contributed by atoms with Crippen LogP contribution in [0.5, 0.6) is 0 Å². The van der Waals surface area contributed by atoms with Gasteiger partial charge in [0.25, 0.3) is 0 Å². The van der Waals surface area contributed by atoms with Crippen molar-refractivity contribution in [3.8, 4) is 11.4 Å². The van der Waals surface area contributed by atoms with Gasteiger partial charge < -0.3 is 9.80 Å². The van der Waals surface area contributed by atoms with Gasteiger partial charge in [0.1, 0.15) is 11.5 Å². The Morgan fingerprint density at radius 1 is 1.10 bits per heavy atom. The average molecular weight is 543 g/mol. The van der Waals surface area contributed by atoms with Crippen LogP contribution in [0.25, 0.3) is 22.3 Å². The van der Waals surface area contributed by atoms with Crippen LogP contribution in [-0.2, 0) is 19.5 Å². The quantitative estimate of drug-likeness (QED) is 0.330. The van der Waals surface area contributed by atoms with E-state index in [2.05, 4.69) is 52.9 Å². The van der Waals surface area contributed by atoms with Crippen LogP contribution in [0.2, 0.25) is 0 Å². The van der Waals surface area contributed by atoms with Gasteiger partial charge >= 0.3 is 0 Å². The Morgan fingerprint density at radius 3 is 2.67 bits per heavy atom. The lowest BCUT2D eigenvalue weighted by Gasteiger charge is -2.41. The first-order valence-electron chi connectivity index (χ1n) is 14.8. The lowest BCUT2D eigenvalue weighted by molar-refractivity contribution is 0.291. The molecule has 1 saturated heterocycles. The van der Waals surface area contributed by atoms with E-state index in [1.165, 1.54) is 6.42 Å². The van der Waals surface area contributed by atoms with Gasteiger partial charge in [0.05, 0.1) is 16.9 Å². The zero-order valence-corrected chi connectivity index (χ0v) is 24.3. The number of rotatable bonds is 5. The van der Waals surface area contributed by atoms with E-state index in [0.29, 0.717) is 31.1 Å². The number of hydrogen-bond acceptors (Lipinski definition) is 6. The SMILES string of the molecule is CCn1nc(C2CC2)c(F)c1N1CCc2nc(-c3c(C)ccc4[nH]nc(C)c34)nc(N3CCCC(C)(C)C3)c2C1. The van der Waals surface area contributed by atoms with Gasteiger partial charge in [-0.25, -0.2) is 19.0 Å². The summed E-state index contributed by atoms with van der Waals surface area (Å²) in [5.74, 6) is 2.53. The van der Waals surface area contributed by atoms with Crippen LogP contribution in [-0.4, -0.2) is 49.6 Å². The molecular weight excluding hydrogens is 503 g/mol. The van der Waals surface area contributed by atoms with Crippen molar-refractivity contribution in [1.29, 1.82) is 0 Å². The van der Waals surface area contributed by atoms with Crippen molar-refractivity contribution in [1.82, 2.24) is 29.9 Å². The second kappa shape index (κ2) is 9.28. The fourth-order valence-corrected chi connectivity index (χ4v) is 6.81. The number of nitrogens with zero attached hydrogens (tertiary/aromatic N) is 7. The van der Waals surface area contributed by atoms with Crippen molar-refractivity contribution in [3.63, 3.8) is 0 Å². The molecule has 9 heteroatoms. The minimum atomic E-state index is -0.135. The number of aromatic amines is 1. The first kappa shape index (κ1) is 25.5. The molecule has 0 atom stereocenters. The van der Waals surface area contributed by atoms with E-state index in [9.17, 15) is 0 Å². The molecule has 0 spiro atoms. The number of halogens is 1. The van der Waals surface area contributed by atoms with Crippen LogP contribution >= 0.6 is 0 Å². The van der Waals surface area contributed by atoms with E-state index in [4.69, 9.17) is 15.1 Å². The van der Waals surface area contributed by atoms with Crippen molar-refractivity contribution in [2.75, 3.05) is 29.4 Å². The summed E-state index contributed by atoms with van der Waals surface area (Å²) in [7, 11) is 0. The Labute approximate surface area is 235 Å². The monoisotopic (exact) mass is 542 g/mol. The summed E-state index contributed by atoms with van der Waals surface area (Å²) in [4.78, 5) is 15.2. The average Bonchev–Trinajstić information content (AvgIpc) is 3.63. The second-order valence-electron chi connectivity index (χ2n) is 12.8. The minimum Gasteiger partial charge on any atom is -0.356 e. The molecule has 1 aliphatic carbocycles. The molecule has 40 heavy (non-hydrogen) atoms. The zero-order chi connectivity index (χ0) is 27.8. The molecule has 3 aliphatic rings. The van der Waals surface area contributed by atoms with E-state index in [-0.39, 0.29) is 17.2 Å². The fraction of sp³-hybridized carbons (Fsp3) is 0.548. The maximum absolute atomic E-state index is 15.8. The van der Waals surface area contributed by atoms with Crippen LogP contribution in [0.15, 0.2) is 12.1 Å². The summed E-state index contributed by atoms with van der Waals surface area (Å²) < 4.78 is 17.7. The third-order valence-electron chi connectivity index (χ3n) is 9.04. The van der Waals surface area contributed by atoms with Gasteiger partial charge in [0, 0.05) is 61.6 Å². The van der Waals surface area contributed by atoms with Gasteiger partial charge in [-0.1, -0.05) is 19.9 Å². The van der Waals surface area contributed by atoms with Crippen LogP contribution in [0.4, 0.5) is 16.0 Å². The molecule has 2 fully saturated rings. The van der Waals surface area contributed by atoms with Crippen LogP contribution < -0.4 is 9.80 Å². The molecule has 0 bridgehead atoms. The van der Waals surface area contributed by atoms with E-state index < -0.39 is 0 Å². The molecule has 4 aromatic rings. The lowest BCUT2D eigenvalue weighted by Crippen LogP contribution is -2.42. The molecule has 7 rings (SSSR count). The Balaban J connectivity index is 1.37. The normalized spacial score (nSPS) is 18.9. The highest BCUT2D eigenvalue weighted by atomic mass is 19.1. The number of nitrogens with one attached hydrogen (secondary N) is 1. The third kappa shape index (κ3) is 4.16. The number of hydrogen-bond donors (Lipinski definition) is 1. The summed E-state index contributed by atoms with van der Waals surface area (Å²) in [5, 5.41) is 13.4. The molecule has 0 radical (unpaired) electrons. The minimum absolute atomic E-state index is 0.135. The second-order valence-corrected chi connectivity index (χ2v) is 12.8. The summed E-state index contributed by atoms with van der Waals surface area (Å²) in [6, 6.07) is 4.20. The highest BCUT2D eigenvalue weighted by molar-refractivity contribution is 5.96. The Bertz CT molecular complexity index is 1610. The van der Waals surface area contributed by atoms with Crippen molar-refractivity contribution in [3.05, 3.63) is 46.2 Å². The topological polar surface area (TPSA) is 78.8 Å². The number of piperidine rings is 1. The maximum atomic E-state index is 15.8. The van der Waals surface area contributed by atoms with Crippen molar-refractivity contribution in [2.24, 2.45) is 5.41 Å². The maximum Gasteiger partial charge on any atom is 0.188 e. The number of aryl methyl sites for hydroxylation is 3. The summed E-state index contributed by atoms with van der Waals surface area (Å²) in [6.07, 6.45) is 5.14. The van der Waals surface area contributed by atoms with Crippen molar-refractivity contribution in [2.45, 2.75) is 85.7 Å². The van der Waals surface area contributed by atoms with Crippen LogP contribution in [0.1, 0.15) is 80.6 Å². The highest BCUT2D eigenvalue weighted by Gasteiger charge is 2.36. The molecule has 1 aromatic carbocycles. The Hall–Kier alpha value is -3.49.